The van der Waals surface area contributed by atoms with Crippen LogP contribution >= 0.6 is 11.6 Å². The van der Waals surface area contributed by atoms with E-state index in [0.29, 0.717) is 41.9 Å². The average Bonchev–Trinajstić information content (AvgIpc) is 3.19. The van der Waals surface area contributed by atoms with Gasteiger partial charge in [0.2, 0.25) is 5.89 Å². The number of hydrogen-bond acceptors (Lipinski definition) is 5. The van der Waals surface area contributed by atoms with Crippen molar-refractivity contribution in [3.05, 3.63) is 28.1 Å². The van der Waals surface area contributed by atoms with Crippen LogP contribution in [0.1, 0.15) is 47.0 Å². The lowest BCUT2D eigenvalue weighted by molar-refractivity contribution is 0.0788. The fourth-order valence-electron chi connectivity index (χ4n) is 2.80. The van der Waals surface area contributed by atoms with E-state index >= 15 is 0 Å². The van der Waals surface area contributed by atoms with Crippen LogP contribution < -0.4 is 0 Å². The lowest BCUT2D eigenvalue weighted by atomic mass is 10.1. The minimum absolute atomic E-state index is 0.0753. The normalized spacial score (nSPS) is 18.2. The minimum atomic E-state index is -0.0753. The highest BCUT2D eigenvalue weighted by Gasteiger charge is 2.34. The third-order valence-corrected chi connectivity index (χ3v) is 4.40. The number of halogens is 1. The van der Waals surface area contributed by atoms with Crippen LogP contribution in [0.3, 0.4) is 0 Å². The lowest BCUT2D eigenvalue weighted by Crippen LogP contribution is -2.29. The maximum atomic E-state index is 12.8. The van der Waals surface area contributed by atoms with Crippen LogP contribution in [0.2, 0.25) is 5.15 Å². The Hall–Kier alpha value is -1.89. The molecule has 1 saturated heterocycles. The molecule has 22 heavy (non-hydrogen) atoms. The van der Waals surface area contributed by atoms with Crippen molar-refractivity contribution < 1.29 is 9.32 Å². The molecule has 3 heterocycles. The molecular weight excluding hydrogens is 306 g/mol. The second kappa shape index (κ2) is 5.72. The van der Waals surface area contributed by atoms with E-state index in [2.05, 4.69) is 15.2 Å². The maximum Gasteiger partial charge on any atom is 0.258 e. The first-order valence-electron chi connectivity index (χ1n) is 7.32. The number of nitrogens with zero attached hydrogens (tertiary/aromatic N) is 5. The highest BCUT2D eigenvalue weighted by atomic mass is 35.5. The van der Waals surface area contributed by atoms with E-state index in [1.165, 1.54) is 0 Å². The largest absolute Gasteiger partial charge is 0.339 e. The highest BCUT2D eigenvalue weighted by Crippen LogP contribution is 2.29. The van der Waals surface area contributed by atoms with Crippen molar-refractivity contribution >= 4 is 17.5 Å². The zero-order chi connectivity index (χ0) is 15.9. The van der Waals surface area contributed by atoms with E-state index in [0.717, 1.165) is 12.1 Å². The average molecular weight is 324 g/mol. The van der Waals surface area contributed by atoms with Gasteiger partial charge in [0, 0.05) is 20.1 Å². The third kappa shape index (κ3) is 2.49. The second-order valence-electron chi connectivity index (χ2n) is 5.51. The summed E-state index contributed by atoms with van der Waals surface area (Å²) in [5, 5.41) is 8.50. The van der Waals surface area contributed by atoms with Crippen LogP contribution in [0.15, 0.2) is 4.52 Å². The Morgan fingerprint density at radius 1 is 1.50 bits per heavy atom. The van der Waals surface area contributed by atoms with E-state index in [1.807, 2.05) is 6.92 Å². The van der Waals surface area contributed by atoms with Crippen molar-refractivity contribution in [3.63, 3.8) is 0 Å². The Morgan fingerprint density at radius 3 is 2.91 bits per heavy atom. The Morgan fingerprint density at radius 2 is 2.27 bits per heavy atom. The maximum absolute atomic E-state index is 12.8. The number of hydrogen-bond donors (Lipinski definition) is 0. The molecule has 3 rings (SSSR count). The molecule has 0 saturated carbocycles. The van der Waals surface area contributed by atoms with Crippen LogP contribution in [0.25, 0.3) is 0 Å². The monoisotopic (exact) mass is 323 g/mol. The number of likely N-dealkylation sites (tertiary alicyclic amines) is 1. The summed E-state index contributed by atoms with van der Waals surface area (Å²) >= 11 is 6.23. The number of amides is 1. The smallest absolute Gasteiger partial charge is 0.258 e. The summed E-state index contributed by atoms with van der Waals surface area (Å²) in [7, 11) is 1.74. The van der Waals surface area contributed by atoms with Crippen LogP contribution in [0.5, 0.6) is 0 Å². The van der Waals surface area contributed by atoms with Crippen LogP contribution in [-0.2, 0) is 13.5 Å². The summed E-state index contributed by atoms with van der Waals surface area (Å²) in [6.07, 6.45) is 1.48. The number of carbonyl (C=O) groups excluding carboxylic acids is 1. The first kappa shape index (κ1) is 15.0. The van der Waals surface area contributed by atoms with E-state index in [9.17, 15) is 4.79 Å². The molecule has 0 aromatic carbocycles. The molecule has 1 aliphatic rings. The number of carbonyl (C=O) groups is 1. The van der Waals surface area contributed by atoms with Crippen molar-refractivity contribution in [1.82, 2.24) is 24.8 Å². The molecule has 0 spiro atoms. The van der Waals surface area contributed by atoms with Gasteiger partial charge in [-0.15, -0.1) is 0 Å². The minimum Gasteiger partial charge on any atom is -0.339 e. The SMILES string of the molecule is CCc1nn(C)c(Cl)c1C(=O)N1CC[C@@H](c2nc(C)no2)C1. The number of rotatable bonds is 3. The van der Waals surface area contributed by atoms with Crippen molar-refractivity contribution in [2.45, 2.75) is 32.6 Å². The Balaban J connectivity index is 1.80. The van der Waals surface area contributed by atoms with Crippen molar-refractivity contribution in [1.29, 1.82) is 0 Å². The molecule has 0 radical (unpaired) electrons. The van der Waals surface area contributed by atoms with Crippen molar-refractivity contribution in [3.8, 4) is 0 Å². The Labute approximate surface area is 133 Å². The fraction of sp³-hybridized carbons (Fsp3) is 0.571. The predicted molar refractivity (Wildman–Crippen MR) is 79.9 cm³/mol. The van der Waals surface area contributed by atoms with E-state index in [1.54, 1.807) is 23.6 Å². The zero-order valence-corrected chi connectivity index (χ0v) is 13.6. The summed E-state index contributed by atoms with van der Waals surface area (Å²) in [5.74, 6) is 1.23. The summed E-state index contributed by atoms with van der Waals surface area (Å²) in [5.41, 5.74) is 1.24. The molecule has 1 amide bonds. The highest BCUT2D eigenvalue weighted by molar-refractivity contribution is 6.33. The van der Waals surface area contributed by atoms with E-state index in [-0.39, 0.29) is 11.8 Å². The molecular formula is C14H18ClN5O2. The summed E-state index contributed by atoms with van der Waals surface area (Å²) < 4.78 is 6.76. The Kier molecular flexibility index (Phi) is 3.90. The van der Waals surface area contributed by atoms with Gasteiger partial charge in [0.1, 0.15) is 5.15 Å². The standard InChI is InChI=1S/C14H18ClN5O2/c1-4-10-11(12(15)19(3)17-10)14(21)20-6-5-9(7-20)13-16-8(2)18-22-13/h9H,4-7H2,1-3H3/t9-/m1/s1. The van der Waals surface area contributed by atoms with E-state index < -0.39 is 0 Å². The second-order valence-corrected chi connectivity index (χ2v) is 5.86. The van der Waals surface area contributed by atoms with Gasteiger partial charge in [0.15, 0.2) is 5.82 Å². The van der Waals surface area contributed by atoms with Crippen LogP contribution in [0, 0.1) is 6.92 Å². The van der Waals surface area contributed by atoms with Gasteiger partial charge in [-0.25, -0.2) is 0 Å². The van der Waals surface area contributed by atoms with Gasteiger partial charge >= 0.3 is 0 Å². The number of aryl methyl sites for hydroxylation is 3. The molecule has 0 bridgehead atoms. The van der Waals surface area contributed by atoms with Gasteiger partial charge in [0.05, 0.1) is 17.2 Å². The molecule has 1 aliphatic heterocycles. The fourth-order valence-corrected chi connectivity index (χ4v) is 3.03. The van der Waals surface area contributed by atoms with Crippen molar-refractivity contribution in [2.24, 2.45) is 7.05 Å². The quantitative estimate of drug-likeness (QED) is 0.863. The molecule has 0 aliphatic carbocycles. The van der Waals surface area contributed by atoms with Gasteiger partial charge in [-0.1, -0.05) is 23.7 Å². The van der Waals surface area contributed by atoms with Crippen LogP contribution in [0.4, 0.5) is 0 Å². The van der Waals surface area contributed by atoms with Gasteiger partial charge in [0.25, 0.3) is 5.91 Å². The summed E-state index contributed by atoms with van der Waals surface area (Å²) in [4.78, 5) is 18.8. The van der Waals surface area contributed by atoms with Crippen molar-refractivity contribution in [2.75, 3.05) is 13.1 Å². The Bertz CT molecular complexity index is 708. The molecule has 1 fully saturated rings. The molecule has 7 nitrogen and oxygen atoms in total. The lowest BCUT2D eigenvalue weighted by Gasteiger charge is -2.15. The number of aromatic nitrogens is 4. The molecule has 118 valence electrons. The molecule has 2 aromatic heterocycles. The zero-order valence-electron chi connectivity index (χ0n) is 12.8. The van der Waals surface area contributed by atoms with Gasteiger partial charge in [-0.05, 0) is 19.8 Å². The summed E-state index contributed by atoms with van der Waals surface area (Å²) in [6.45, 7) is 4.96. The van der Waals surface area contributed by atoms with E-state index in [4.69, 9.17) is 16.1 Å². The topological polar surface area (TPSA) is 77.1 Å². The first-order valence-corrected chi connectivity index (χ1v) is 7.69. The molecule has 0 N–H and O–H groups in total. The summed E-state index contributed by atoms with van der Waals surface area (Å²) in [6, 6.07) is 0. The van der Waals surface area contributed by atoms with Crippen LogP contribution in [-0.4, -0.2) is 43.8 Å². The first-order chi connectivity index (χ1) is 10.5. The van der Waals surface area contributed by atoms with Gasteiger partial charge in [-0.2, -0.15) is 10.1 Å². The van der Waals surface area contributed by atoms with Gasteiger partial charge in [-0.3, -0.25) is 9.48 Å². The van der Waals surface area contributed by atoms with Gasteiger partial charge < -0.3 is 9.42 Å². The molecule has 2 aromatic rings. The molecule has 0 unspecified atom stereocenters. The molecule has 8 heteroatoms. The third-order valence-electron chi connectivity index (χ3n) is 3.97. The predicted octanol–water partition coefficient (Wildman–Crippen LogP) is 1.96. The molecule has 1 atom stereocenters.